The smallest absolute Gasteiger partial charge is 0.152 e. The number of hydrogen-bond acceptors (Lipinski definition) is 4. The predicted octanol–water partition coefficient (Wildman–Crippen LogP) is 0.311. The number of sulfone groups is 1. The Hall–Kier alpha value is -0.600. The highest BCUT2D eigenvalue weighted by molar-refractivity contribution is 7.91. The summed E-state index contributed by atoms with van der Waals surface area (Å²) in [6.07, 6.45) is 0.420. The van der Waals surface area contributed by atoms with E-state index < -0.39 is 9.84 Å². The number of nitriles is 1. The van der Waals surface area contributed by atoms with Crippen LogP contribution in [0.25, 0.3) is 0 Å². The van der Waals surface area contributed by atoms with E-state index in [2.05, 4.69) is 11.4 Å². The van der Waals surface area contributed by atoms with E-state index in [-0.39, 0.29) is 29.5 Å². The maximum absolute atomic E-state index is 11.3. The Balaban J connectivity index is 2.52. The Morgan fingerprint density at radius 1 is 1.57 bits per heavy atom. The van der Waals surface area contributed by atoms with Crippen molar-refractivity contribution >= 4 is 9.84 Å². The van der Waals surface area contributed by atoms with Gasteiger partial charge in [-0.2, -0.15) is 5.26 Å². The van der Waals surface area contributed by atoms with E-state index in [1.807, 2.05) is 13.8 Å². The van der Waals surface area contributed by atoms with Gasteiger partial charge >= 0.3 is 0 Å². The molecule has 0 radical (unpaired) electrons. The molecule has 14 heavy (non-hydrogen) atoms. The van der Waals surface area contributed by atoms with Crippen LogP contribution in [0.4, 0.5) is 0 Å². The van der Waals surface area contributed by atoms with E-state index in [0.29, 0.717) is 6.42 Å². The summed E-state index contributed by atoms with van der Waals surface area (Å²) in [6, 6.07) is 2.15. The molecular weight excluding hydrogens is 200 g/mol. The van der Waals surface area contributed by atoms with Crippen molar-refractivity contribution in [1.29, 1.82) is 5.26 Å². The third-order valence-electron chi connectivity index (χ3n) is 2.53. The third-order valence-corrected chi connectivity index (χ3v) is 4.43. The van der Waals surface area contributed by atoms with Crippen molar-refractivity contribution in [2.75, 3.05) is 11.5 Å². The molecule has 0 aromatic carbocycles. The second-order valence-electron chi connectivity index (χ2n) is 4.09. The van der Waals surface area contributed by atoms with E-state index in [1.165, 1.54) is 0 Å². The number of rotatable bonds is 3. The first-order chi connectivity index (χ1) is 6.44. The molecule has 4 nitrogen and oxygen atoms in total. The van der Waals surface area contributed by atoms with Gasteiger partial charge in [-0.05, 0) is 12.8 Å². The van der Waals surface area contributed by atoms with Crippen LogP contribution in [0, 0.1) is 17.2 Å². The summed E-state index contributed by atoms with van der Waals surface area (Å²) in [6.45, 7) is 3.84. The highest BCUT2D eigenvalue weighted by Crippen LogP contribution is 2.19. The second kappa shape index (κ2) is 4.28. The molecule has 1 rings (SSSR count). The summed E-state index contributed by atoms with van der Waals surface area (Å²) in [7, 11) is -2.85. The average Bonchev–Trinajstić information content (AvgIpc) is 2.25. The van der Waals surface area contributed by atoms with Crippen LogP contribution < -0.4 is 5.32 Å². The largest absolute Gasteiger partial charge is 0.309 e. The molecule has 1 saturated heterocycles. The molecule has 3 atom stereocenters. The zero-order valence-corrected chi connectivity index (χ0v) is 9.34. The van der Waals surface area contributed by atoms with Gasteiger partial charge in [-0.1, -0.05) is 6.92 Å². The molecule has 1 unspecified atom stereocenters. The average molecular weight is 216 g/mol. The summed E-state index contributed by atoms with van der Waals surface area (Å²) in [5, 5.41) is 11.7. The lowest BCUT2D eigenvalue weighted by molar-refractivity contribution is 0.407. The Labute approximate surface area is 85.2 Å². The van der Waals surface area contributed by atoms with Crippen molar-refractivity contribution in [3.8, 4) is 6.07 Å². The topological polar surface area (TPSA) is 70.0 Å². The van der Waals surface area contributed by atoms with E-state index in [0.717, 1.165) is 0 Å². The fourth-order valence-electron chi connectivity index (χ4n) is 1.80. The Kier molecular flexibility index (Phi) is 3.51. The van der Waals surface area contributed by atoms with Gasteiger partial charge < -0.3 is 5.32 Å². The molecule has 0 amide bonds. The van der Waals surface area contributed by atoms with Gasteiger partial charge in [-0.25, -0.2) is 8.42 Å². The maximum atomic E-state index is 11.3. The lowest BCUT2D eigenvalue weighted by atomic mass is 10.1. The molecule has 1 aliphatic heterocycles. The minimum Gasteiger partial charge on any atom is -0.309 e. The van der Waals surface area contributed by atoms with Crippen molar-refractivity contribution in [3.05, 3.63) is 0 Å². The zero-order valence-electron chi connectivity index (χ0n) is 8.53. The number of nitrogens with zero attached hydrogens (tertiary/aromatic N) is 1. The van der Waals surface area contributed by atoms with Crippen LogP contribution in [0.2, 0.25) is 0 Å². The SMILES string of the molecule is CC(CC#N)N[C@@H]1CS(=O)(=O)C[C@@H]1C. The van der Waals surface area contributed by atoms with Gasteiger partial charge in [0.05, 0.1) is 24.0 Å². The predicted molar refractivity (Wildman–Crippen MR) is 54.4 cm³/mol. The molecule has 1 aliphatic rings. The Morgan fingerprint density at radius 3 is 2.64 bits per heavy atom. The van der Waals surface area contributed by atoms with Gasteiger partial charge in [0, 0.05) is 12.1 Å². The molecule has 0 aromatic rings. The van der Waals surface area contributed by atoms with Crippen molar-refractivity contribution in [1.82, 2.24) is 5.32 Å². The van der Waals surface area contributed by atoms with Gasteiger partial charge in [-0.3, -0.25) is 0 Å². The van der Waals surface area contributed by atoms with Crippen molar-refractivity contribution < 1.29 is 8.42 Å². The van der Waals surface area contributed by atoms with Gasteiger partial charge in [-0.15, -0.1) is 0 Å². The van der Waals surface area contributed by atoms with E-state index in [1.54, 1.807) is 0 Å². The molecular formula is C9H16N2O2S. The third kappa shape index (κ3) is 2.96. The maximum Gasteiger partial charge on any atom is 0.152 e. The molecule has 0 saturated carbocycles. The lowest BCUT2D eigenvalue weighted by Crippen LogP contribution is -2.40. The van der Waals surface area contributed by atoms with Crippen LogP contribution in [0.1, 0.15) is 20.3 Å². The first-order valence-electron chi connectivity index (χ1n) is 4.78. The van der Waals surface area contributed by atoms with Crippen molar-refractivity contribution in [2.24, 2.45) is 5.92 Å². The number of hydrogen-bond donors (Lipinski definition) is 1. The van der Waals surface area contributed by atoms with Crippen LogP contribution in [-0.2, 0) is 9.84 Å². The van der Waals surface area contributed by atoms with Gasteiger partial charge in [0.15, 0.2) is 9.84 Å². The summed E-state index contributed by atoms with van der Waals surface area (Å²) in [5.41, 5.74) is 0. The molecule has 5 heteroatoms. The summed E-state index contributed by atoms with van der Waals surface area (Å²) >= 11 is 0. The lowest BCUT2D eigenvalue weighted by Gasteiger charge is -2.19. The summed E-state index contributed by atoms with van der Waals surface area (Å²) in [4.78, 5) is 0. The van der Waals surface area contributed by atoms with Crippen molar-refractivity contribution in [2.45, 2.75) is 32.4 Å². The Bertz CT molecular complexity index is 331. The molecule has 0 aliphatic carbocycles. The Morgan fingerprint density at radius 2 is 2.21 bits per heavy atom. The van der Waals surface area contributed by atoms with E-state index in [9.17, 15) is 8.42 Å². The fraction of sp³-hybridized carbons (Fsp3) is 0.889. The number of nitrogens with one attached hydrogen (secondary N) is 1. The zero-order chi connectivity index (χ0) is 10.8. The van der Waals surface area contributed by atoms with Crippen LogP contribution >= 0.6 is 0 Å². The summed E-state index contributed by atoms with van der Waals surface area (Å²) in [5.74, 6) is 0.634. The molecule has 1 fully saturated rings. The first kappa shape index (κ1) is 11.5. The van der Waals surface area contributed by atoms with Crippen LogP contribution in [0.3, 0.4) is 0 Å². The monoisotopic (exact) mass is 216 g/mol. The van der Waals surface area contributed by atoms with Crippen LogP contribution in [0.15, 0.2) is 0 Å². The van der Waals surface area contributed by atoms with Crippen LogP contribution in [0.5, 0.6) is 0 Å². The molecule has 0 spiro atoms. The highest BCUT2D eigenvalue weighted by atomic mass is 32.2. The van der Waals surface area contributed by atoms with E-state index >= 15 is 0 Å². The minimum atomic E-state index is -2.85. The van der Waals surface area contributed by atoms with Gasteiger partial charge in [0.2, 0.25) is 0 Å². The fourth-order valence-corrected chi connectivity index (χ4v) is 3.94. The quantitative estimate of drug-likeness (QED) is 0.737. The molecule has 0 bridgehead atoms. The normalized spacial score (nSPS) is 32.4. The van der Waals surface area contributed by atoms with E-state index in [4.69, 9.17) is 5.26 Å². The minimum absolute atomic E-state index is 0.0170. The van der Waals surface area contributed by atoms with Gasteiger partial charge in [0.1, 0.15) is 0 Å². The first-order valence-corrected chi connectivity index (χ1v) is 6.60. The molecule has 80 valence electrons. The highest BCUT2D eigenvalue weighted by Gasteiger charge is 2.34. The molecule has 0 aromatic heterocycles. The van der Waals surface area contributed by atoms with Crippen molar-refractivity contribution in [3.63, 3.8) is 0 Å². The standard InChI is InChI=1S/C9H16N2O2S/c1-7-5-14(12,13)6-9(7)11-8(2)3-4-10/h7-9,11H,3,5-6H2,1-2H3/t7-,8?,9+/m0/s1. The molecule has 1 N–H and O–H groups in total. The second-order valence-corrected chi connectivity index (χ2v) is 6.24. The van der Waals surface area contributed by atoms with Crippen LogP contribution in [-0.4, -0.2) is 32.0 Å². The van der Waals surface area contributed by atoms with Gasteiger partial charge in [0.25, 0.3) is 0 Å². The molecule has 1 heterocycles. The summed E-state index contributed by atoms with van der Waals surface area (Å²) < 4.78 is 22.6.